The van der Waals surface area contributed by atoms with Gasteiger partial charge in [-0.25, -0.2) is 9.37 Å². The van der Waals surface area contributed by atoms with Crippen LogP contribution in [0, 0.1) is 5.82 Å². The number of fused-ring (bicyclic) bond motifs is 1. The minimum atomic E-state index is -0.252. The first-order valence-corrected chi connectivity index (χ1v) is 14.3. The van der Waals surface area contributed by atoms with Crippen molar-refractivity contribution in [3.8, 4) is 22.4 Å². The van der Waals surface area contributed by atoms with Gasteiger partial charge >= 0.3 is 0 Å². The van der Waals surface area contributed by atoms with E-state index in [1.165, 1.54) is 23.3 Å². The second-order valence-corrected chi connectivity index (χ2v) is 10.3. The Morgan fingerprint density at radius 3 is 1.85 bits per heavy atom. The lowest BCUT2D eigenvalue weighted by Crippen LogP contribution is -2.27. The Balaban J connectivity index is 1.32. The van der Waals surface area contributed by atoms with Gasteiger partial charge in [-0.05, 0) is 96.5 Å². The minimum absolute atomic E-state index is 0.252. The van der Waals surface area contributed by atoms with E-state index in [0.29, 0.717) is 0 Å². The predicted octanol–water partition coefficient (Wildman–Crippen LogP) is 8.50. The molecule has 3 aromatic carbocycles. The molecule has 5 heteroatoms. The molecule has 1 N–H and O–H groups in total. The SMILES string of the molecule is Fc1ccc(-c2[nH]c3nc(N(CCCc4ccccc4)CCCc4ccccc4)ccc3c2-c2ccncc2)cc1. The quantitative estimate of drug-likeness (QED) is 0.179. The number of rotatable bonds is 11. The molecule has 3 aromatic heterocycles. The smallest absolute Gasteiger partial charge is 0.140 e. The zero-order valence-corrected chi connectivity index (χ0v) is 23.0. The molecule has 0 aliphatic carbocycles. The summed E-state index contributed by atoms with van der Waals surface area (Å²) in [6, 6.07) is 36.3. The van der Waals surface area contributed by atoms with Gasteiger partial charge < -0.3 is 9.88 Å². The van der Waals surface area contributed by atoms with Crippen molar-refractivity contribution in [2.24, 2.45) is 0 Å². The average molecular weight is 541 g/mol. The van der Waals surface area contributed by atoms with Crippen molar-refractivity contribution < 1.29 is 4.39 Å². The van der Waals surface area contributed by atoms with E-state index in [1.54, 1.807) is 12.4 Å². The van der Waals surface area contributed by atoms with Crippen LogP contribution in [-0.4, -0.2) is 28.0 Å². The van der Waals surface area contributed by atoms with Gasteiger partial charge in [0.1, 0.15) is 17.3 Å². The molecule has 0 atom stereocenters. The molecular weight excluding hydrogens is 507 g/mol. The van der Waals surface area contributed by atoms with Crippen LogP contribution in [-0.2, 0) is 12.8 Å². The average Bonchev–Trinajstić information content (AvgIpc) is 3.41. The number of H-pyrrole nitrogens is 1. The predicted molar refractivity (Wildman–Crippen MR) is 166 cm³/mol. The Morgan fingerprint density at radius 2 is 1.24 bits per heavy atom. The Labute approximate surface area is 240 Å². The fraction of sp³-hybridized carbons (Fsp3) is 0.167. The molecule has 0 bridgehead atoms. The topological polar surface area (TPSA) is 44.8 Å². The van der Waals surface area contributed by atoms with Crippen molar-refractivity contribution in [2.45, 2.75) is 25.7 Å². The first-order valence-electron chi connectivity index (χ1n) is 14.3. The third-order valence-corrected chi connectivity index (χ3v) is 7.54. The zero-order chi connectivity index (χ0) is 27.9. The van der Waals surface area contributed by atoms with E-state index in [9.17, 15) is 4.39 Å². The maximum absolute atomic E-state index is 13.8. The number of benzene rings is 3. The standard InChI is InChI=1S/C36H33FN4/c37-31-17-15-30(16-18-31)35-34(29-21-23-38-24-22-29)32-19-20-33(39-36(32)40-35)41(25-7-13-27-9-3-1-4-10-27)26-8-14-28-11-5-2-6-12-28/h1-6,9-12,15-24H,7-8,13-14,25-26H2,(H,39,40). The van der Waals surface area contributed by atoms with E-state index < -0.39 is 0 Å². The fourth-order valence-corrected chi connectivity index (χ4v) is 5.47. The molecule has 0 spiro atoms. The van der Waals surface area contributed by atoms with Crippen LogP contribution in [0.25, 0.3) is 33.4 Å². The highest BCUT2D eigenvalue weighted by molar-refractivity contribution is 6.02. The summed E-state index contributed by atoms with van der Waals surface area (Å²) in [5.41, 5.74) is 7.47. The molecule has 0 unspecified atom stereocenters. The van der Waals surface area contributed by atoms with E-state index >= 15 is 0 Å². The number of hydrogen-bond donors (Lipinski definition) is 1. The summed E-state index contributed by atoms with van der Waals surface area (Å²) < 4.78 is 13.8. The van der Waals surface area contributed by atoms with Crippen molar-refractivity contribution >= 4 is 16.9 Å². The normalized spacial score (nSPS) is 11.1. The van der Waals surface area contributed by atoms with Crippen molar-refractivity contribution in [3.05, 3.63) is 139 Å². The summed E-state index contributed by atoms with van der Waals surface area (Å²) in [4.78, 5) is 15.4. The first kappa shape index (κ1) is 26.5. The van der Waals surface area contributed by atoms with Crippen LogP contribution < -0.4 is 4.90 Å². The molecule has 41 heavy (non-hydrogen) atoms. The van der Waals surface area contributed by atoms with Crippen molar-refractivity contribution in [2.75, 3.05) is 18.0 Å². The number of aromatic amines is 1. The van der Waals surface area contributed by atoms with E-state index in [0.717, 1.165) is 78.0 Å². The second-order valence-electron chi connectivity index (χ2n) is 10.3. The summed E-state index contributed by atoms with van der Waals surface area (Å²) in [5, 5.41) is 1.03. The van der Waals surface area contributed by atoms with Gasteiger partial charge in [-0.1, -0.05) is 60.7 Å². The number of nitrogens with one attached hydrogen (secondary N) is 1. The number of anilines is 1. The molecule has 0 aliphatic heterocycles. The summed E-state index contributed by atoms with van der Waals surface area (Å²) >= 11 is 0. The zero-order valence-electron chi connectivity index (χ0n) is 23.0. The minimum Gasteiger partial charge on any atom is -0.357 e. The second kappa shape index (κ2) is 12.6. The van der Waals surface area contributed by atoms with Crippen molar-refractivity contribution in [1.29, 1.82) is 0 Å². The van der Waals surface area contributed by atoms with Crippen molar-refractivity contribution in [3.63, 3.8) is 0 Å². The van der Waals surface area contributed by atoms with Gasteiger partial charge in [0.2, 0.25) is 0 Å². The number of pyridine rings is 2. The van der Waals surface area contributed by atoms with Crippen molar-refractivity contribution in [1.82, 2.24) is 15.0 Å². The monoisotopic (exact) mass is 540 g/mol. The van der Waals surface area contributed by atoms with Crippen LogP contribution in [0.5, 0.6) is 0 Å². The van der Waals surface area contributed by atoms with Gasteiger partial charge in [0.15, 0.2) is 0 Å². The van der Waals surface area contributed by atoms with E-state index in [-0.39, 0.29) is 5.82 Å². The third-order valence-electron chi connectivity index (χ3n) is 7.54. The van der Waals surface area contributed by atoms with Gasteiger partial charge in [-0.3, -0.25) is 4.98 Å². The van der Waals surface area contributed by atoms with Crippen LogP contribution in [0.4, 0.5) is 10.2 Å². The van der Waals surface area contributed by atoms with Gasteiger partial charge in [-0.2, -0.15) is 0 Å². The maximum Gasteiger partial charge on any atom is 0.140 e. The number of hydrogen-bond acceptors (Lipinski definition) is 3. The molecule has 0 saturated heterocycles. The highest BCUT2D eigenvalue weighted by atomic mass is 19.1. The van der Waals surface area contributed by atoms with E-state index in [2.05, 4.69) is 87.7 Å². The lowest BCUT2D eigenvalue weighted by molar-refractivity contribution is 0.628. The van der Waals surface area contributed by atoms with E-state index in [4.69, 9.17) is 4.98 Å². The van der Waals surface area contributed by atoms with Gasteiger partial charge in [0.25, 0.3) is 0 Å². The first-order chi connectivity index (χ1) is 20.2. The summed E-state index contributed by atoms with van der Waals surface area (Å²) in [7, 11) is 0. The highest BCUT2D eigenvalue weighted by Crippen LogP contribution is 2.38. The molecule has 0 saturated carbocycles. The van der Waals surface area contributed by atoms with Gasteiger partial charge in [0, 0.05) is 36.4 Å². The number of nitrogens with zero attached hydrogens (tertiary/aromatic N) is 3. The molecule has 204 valence electrons. The number of aromatic nitrogens is 3. The summed E-state index contributed by atoms with van der Waals surface area (Å²) in [6.07, 6.45) is 7.74. The Hall–Kier alpha value is -4.77. The van der Waals surface area contributed by atoms with Crippen LogP contribution in [0.15, 0.2) is 122 Å². The van der Waals surface area contributed by atoms with Gasteiger partial charge in [-0.15, -0.1) is 0 Å². The Bertz CT molecular complexity index is 1640. The molecule has 0 aliphatic rings. The lowest BCUT2D eigenvalue weighted by Gasteiger charge is -2.24. The Kier molecular flexibility index (Phi) is 8.13. The number of halogens is 1. The highest BCUT2D eigenvalue weighted by Gasteiger charge is 2.18. The van der Waals surface area contributed by atoms with Crippen LogP contribution >= 0.6 is 0 Å². The molecule has 6 aromatic rings. The molecule has 4 nitrogen and oxygen atoms in total. The summed E-state index contributed by atoms with van der Waals surface area (Å²) in [6.45, 7) is 1.84. The largest absolute Gasteiger partial charge is 0.357 e. The fourth-order valence-electron chi connectivity index (χ4n) is 5.47. The van der Waals surface area contributed by atoms with Crippen LogP contribution in [0.3, 0.4) is 0 Å². The third kappa shape index (κ3) is 6.36. The molecule has 0 fully saturated rings. The number of aryl methyl sites for hydroxylation is 2. The summed E-state index contributed by atoms with van der Waals surface area (Å²) in [5.74, 6) is 0.712. The van der Waals surface area contributed by atoms with Crippen LogP contribution in [0.1, 0.15) is 24.0 Å². The molecule has 0 radical (unpaired) electrons. The van der Waals surface area contributed by atoms with E-state index in [1.807, 2.05) is 24.3 Å². The Morgan fingerprint density at radius 1 is 0.634 bits per heavy atom. The molecule has 3 heterocycles. The molecule has 0 amide bonds. The van der Waals surface area contributed by atoms with Crippen LogP contribution in [0.2, 0.25) is 0 Å². The molecule has 6 rings (SSSR count). The maximum atomic E-state index is 13.8. The van der Waals surface area contributed by atoms with Gasteiger partial charge in [0.05, 0.1) is 5.69 Å². The molecular formula is C36H33FN4. The lowest BCUT2D eigenvalue weighted by atomic mass is 10.00.